The lowest BCUT2D eigenvalue weighted by molar-refractivity contribution is -0.130. The predicted octanol–water partition coefficient (Wildman–Crippen LogP) is 8.97. The van der Waals surface area contributed by atoms with Gasteiger partial charge in [-0.25, -0.2) is 4.79 Å². The van der Waals surface area contributed by atoms with Gasteiger partial charge in [-0.05, 0) is 77.7 Å². The highest BCUT2D eigenvalue weighted by molar-refractivity contribution is 5.89. The van der Waals surface area contributed by atoms with Crippen LogP contribution in [0.3, 0.4) is 0 Å². The van der Waals surface area contributed by atoms with E-state index < -0.39 is 5.97 Å². The highest BCUT2D eigenvalue weighted by atomic mass is 16.5. The average Bonchev–Trinajstić information content (AvgIpc) is 2.95. The Kier molecular flexibility index (Phi) is 6.95. The minimum Gasteiger partial charge on any atom is -0.423 e. The van der Waals surface area contributed by atoms with Crippen LogP contribution in [0.25, 0.3) is 22.3 Å². The number of ether oxygens (including phenoxy) is 1. The van der Waals surface area contributed by atoms with Gasteiger partial charge in [0.15, 0.2) is 0 Å². The fourth-order valence-corrected chi connectivity index (χ4v) is 4.17. The van der Waals surface area contributed by atoms with Gasteiger partial charge < -0.3 is 9.64 Å². The number of nitrogens with zero attached hydrogens (tertiary/aromatic N) is 1. The molecule has 37 heavy (non-hydrogen) atoms. The van der Waals surface area contributed by atoms with Gasteiger partial charge in [-0.15, -0.1) is 0 Å². The molecule has 0 spiro atoms. The first-order chi connectivity index (χ1) is 18.1. The summed E-state index contributed by atoms with van der Waals surface area (Å²) in [5, 5.41) is 0. The molecule has 180 valence electrons. The van der Waals surface area contributed by atoms with E-state index in [0.29, 0.717) is 11.3 Å². The molecule has 0 radical (unpaired) electrons. The first kappa shape index (κ1) is 23.8. The van der Waals surface area contributed by atoms with Gasteiger partial charge >= 0.3 is 5.97 Å². The quantitative estimate of drug-likeness (QED) is 0.132. The summed E-state index contributed by atoms with van der Waals surface area (Å²) in [7, 11) is 0. The summed E-state index contributed by atoms with van der Waals surface area (Å²) in [5.74, 6) is 0.0810. The summed E-state index contributed by atoms with van der Waals surface area (Å²) < 4.78 is 5.31. The van der Waals surface area contributed by atoms with E-state index in [9.17, 15) is 4.79 Å². The van der Waals surface area contributed by atoms with Crippen molar-refractivity contribution in [2.24, 2.45) is 0 Å². The molecule has 0 N–H and O–H groups in total. The van der Waals surface area contributed by atoms with Crippen molar-refractivity contribution in [3.05, 3.63) is 146 Å². The molecule has 3 nitrogen and oxygen atoms in total. The standard InChI is InChI=1S/C34H27NO2/c1-25(2)34(36)37-33-23-17-29(18-24-33)28-15-21-32(22-16-28)35(30-11-7-4-8-12-30)31-19-13-27(14-20-31)26-9-5-3-6-10-26/h3-24H,1H2,2H3. The smallest absolute Gasteiger partial charge is 0.338 e. The van der Waals surface area contributed by atoms with Crippen LogP contribution in [0.15, 0.2) is 146 Å². The summed E-state index contributed by atoms with van der Waals surface area (Å²) >= 11 is 0. The van der Waals surface area contributed by atoms with Crippen molar-refractivity contribution in [2.75, 3.05) is 4.90 Å². The molecule has 5 aromatic rings. The Bertz CT molecular complexity index is 1490. The average molecular weight is 482 g/mol. The topological polar surface area (TPSA) is 29.5 Å². The molecule has 0 aromatic heterocycles. The monoisotopic (exact) mass is 481 g/mol. The molecule has 0 amide bonds. The predicted molar refractivity (Wildman–Crippen MR) is 152 cm³/mol. The number of carbonyl (C=O) groups excluding carboxylic acids is 1. The van der Waals surface area contributed by atoms with Crippen molar-refractivity contribution in [3.8, 4) is 28.0 Å². The molecule has 0 heterocycles. The summed E-state index contributed by atoms with van der Waals surface area (Å²) in [6.45, 7) is 5.26. The van der Waals surface area contributed by atoms with Crippen LogP contribution >= 0.6 is 0 Å². The number of hydrogen-bond acceptors (Lipinski definition) is 3. The van der Waals surface area contributed by atoms with Crippen molar-refractivity contribution >= 4 is 23.0 Å². The van der Waals surface area contributed by atoms with Gasteiger partial charge in [-0.3, -0.25) is 0 Å². The highest BCUT2D eigenvalue weighted by Gasteiger charge is 2.13. The van der Waals surface area contributed by atoms with Crippen molar-refractivity contribution in [3.63, 3.8) is 0 Å². The van der Waals surface area contributed by atoms with Crippen molar-refractivity contribution in [1.29, 1.82) is 0 Å². The summed E-state index contributed by atoms with van der Waals surface area (Å²) in [5.41, 5.74) is 8.12. The lowest BCUT2D eigenvalue weighted by atomic mass is 10.0. The molecule has 0 saturated heterocycles. The van der Waals surface area contributed by atoms with Gasteiger partial charge in [-0.2, -0.15) is 0 Å². The number of esters is 1. The number of carbonyl (C=O) groups is 1. The third kappa shape index (κ3) is 5.52. The molecule has 0 aliphatic carbocycles. The van der Waals surface area contributed by atoms with E-state index in [-0.39, 0.29) is 0 Å². The molecule has 0 aliphatic heterocycles. The molecule has 3 heteroatoms. The van der Waals surface area contributed by atoms with Gasteiger partial charge in [0.05, 0.1) is 0 Å². The Balaban J connectivity index is 1.42. The summed E-state index contributed by atoms with van der Waals surface area (Å²) in [4.78, 5) is 14.0. The Morgan fingerprint density at radius 3 is 1.38 bits per heavy atom. The van der Waals surface area contributed by atoms with Crippen LogP contribution in [0.1, 0.15) is 6.92 Å². The molecule has 0 fully saturated rings. The molecule has 0 saturated carbocycles. The van der Waals surface area contributed by atoms with Gasteiger partial charge in [-0.1, -0.05) is 91.5 Å². The SMILES string of the molecule is C=C(C)C(=O)Oc1ccc(-c2ccc(N(c3ccccc3)c3ccc(-c4ccccc4)cc3)cc2)cc1. The van der Waals surface area contributed by atoms with Crippen molar-refractivity contribution in [1.82, 2.24) is 0 Å². The van der Waals surface area contributed by atoms with E-state index in [1.165, 1.54) is 11.1 Å². The molecule has 5 rings (SSSR count). The lowest BCUT2D eigenvalue weighted by Gasteiger charge is -2.26. The van der Waals surface area contributed by atoms with Gasteiger partial charge in [0.1, 0.15) is 5.75 Å². The zero-order valence-corrected chi connectivity index (χ0v) is 20.7. The van der Waals surface area contributed by atoms with Crippen LogP contribution in [0.5, 0.6) is 5.75 Å². The van der Waals surface area contributed by atoms with E-state index in [1.54, 1.807) is 19.1 Å². The molecule has 0 atom stereocenters. The number of rotatable bonds is 7. The zero-order valence-electron chi connectivity index (χ0n) is 20.7. The third-order valence-electron chi connectivity index (χ3n) is 6.12. The van der Waals surface area contributed by atoms with Crippen molar-refractivity contribution < 1.29 is 9.53 Å². The maximum absolute atomic E-state index is 11.8. The second kappa shape index (κ2) is 10.8. The molecule has 0 unspecified atom stereocenters. The van der Waals surface area contributed by atoms with Crippen LogP contribution in [0.2, 0.25) is 0 Å². The first-order valence-corrected chi connectivity index (χ1v) is 12.2. The van der Waals surface area contributed by atoms with E-state index in [4.69, 9.17) is 4.74 Å². The Hall–Kier alpha value is -4.89. The summed E-state index contributed by atoms with van der Waals surface area (Å²) in [6.07, 6.45) is 0. The number of benzene rings is 5. The molecular weight excluding hydrogens is 454 g/mol. The number of para-hydroxylation sites is 1. The Morgan fingerprint density at radius 1 is 0.541 bits per heavy atom. The lowest BCUT2D eigenvalue weighted by Crippen LogP contribution is -2.09. The van der Waals surface area contributed by atoms with Gasteiger partial charge in [0, 0.05) is 22.6 Å². The second-order valence-electron chi connectivity index (χ2n) is 8.82. The maximum atomic E-state index is 11.8. The van der Waals surface area contributed by atoms with Crippen LogP contribution in [-0.2, 0) is 4.79 Å². The number of anilines is 3. The fraction of sp³-hybridized carbons (Fsp3) is 0.0294. The molecule has 0 bridgehead atoms. The van der Waals surface area contributed by atoms with Crippen LogP contribution < -0.4 is 9.64 Å². The summed E-state index contributed by atoms with van der Waals surface area (Å²) in [6, 6.07) is 45.4. The minimum absolute atomic E-state index is 0.373. The molecule has 5 aromatic carbocycles. The second-order valence-corrected chi connectivity index (χ2v) is 8.82. The van der Waals surface area contributed by atoms with Gasteiger partial charge in [0.25, 0.3) is 0 Å². The van der Waals surface area contributed by atoms with Crippen LogP contribution in [0, 0.1) is 0 Å². The molecular formula is C34H27NO2. The van der Waals surface area contributed by atoms with Crippen molar-refractivity contribution in [2.45, 2.75) is 6.92 Å². The van der Waals surface area contributed by atoms with Crippen LogP contribution in [0.4, 0.5) is 17.1 Å². The maximum Gasteiger partial charge on any atom is 0.338 e. The van der Waals surface area contributed by atoms with E-state index >= 15 is 0 Å². The fourth-order valence-electron chi connectivity index (χ4n) is 4.17. The highest BCUT2D eigenvalue weighted by Crippen LogP contribution is 2.36. The van der Waals surface area contributed by atoms with Crippen LogP contribution in [-0.4, -0.2) is 5.97 Å². The normalized spacial score (nSPS) is 10.5. The third-order valence-corrected chi connectivity index (χ3v) is 6.12. The number of hydrogen-bond donors (Lipinski definition) is 0. The van der Waals surface area contributed by atoms with Gasteiger partial charge in [0.2, 0.25) is 0 Å². The Morgan fingerprint density at radius 2 is 0.919 bits per heavy atom. The largest absolute Gasteiger partial charge is 0.423 e. The Labute approximate surface area is 217 Å². The first-order valence-electron chi connectivity index (χ1n) is 12.2. The minimum atomic E-state index is -0.421. The van der Waals surface area contributed by atoms with E-state index in [2.05, 4.69) is 109 Å². The molecule has 0 aliphatic rings. The van der Waals surface area contributed by atoms with E-state index in [0.717, 1.165) is 28.2 Å². The van der Waals surface area contributed by atoms with E-state index in [1.807, 2.05) is 24.3 Å². The zero-order chi connectivity index (χ0) is 25.6.